The molecule has 0 radical (unpaired) electrons. The van der Waals surface area contributed by atoms with E-state index in [-0.39, 0.29) is 41.2 Å². The monoisotopic (exact) mass is 443 g/mol. The van der Waals surface area contributed by atoms with E-state index < -0.39 is 0 Å². The van der Waals surface area contributed by atoms with Gasteiger partial charge in [0, 0.05) is 18.8 Å². The third kappa shape index (κ3) is 4.57. The third-order valence-electron chi connectivity index (χ3n) is 5.21. The van der Waals surface area contributed by atoms with Crippen LogP contribution in [0, 0.1) is 5.92 Å². The Hall–Kier alpha value is -2.65. The molecule has 0 spiro atoms. The standard InChI is InChI=1S/C21H21N3O4S2/c25-18-13-30-21(28)24(18)11-14-5-7-16(8-6-14)22-19(26)15-3-1-9-23(12-15)20(27)17-4-2-10-29-17/h2,4-8,10,15H,1,3,9,11-13H2,(H,22,26). The number of thioether (sulfide) groups is 1. The second-order valence-electron chi connectivity index (χ2n) is 7.29. The predicted molar refractivity (Wildman–Crippen MR) is 116 cm³/mol. The average Bonchev–Trinajstić information content (AvgIpc) is 3.41. The normalized spacial score (nSPS) is 19.3. The highest BCUT2D eigenvalue weighted by Gasteiger charge is 2.30. The highest BCUT2D eigenvalue weighted by molar-refractivity contribution is 8.14. The van der Waals surface area contributed by atoms with Gasteiger partial charge in [0.1, 0.15) is 0 Å². The molecule has 2 aromatic rings. The predicted octanol–water partition coefficient (Wildman–Crippen LogP) is 3.43. The summed E-state index contributed by atoms with van der Waals surface area (Å²) in [5.41, 5.74) is 1.47. The average molecular weight is 444 g/mol. The quantitative estimate of drug-likeness (QED) is 0.765. The lowest BCUT2D eigenvalue weighted by Gasteiger charge is -2.31. The van der Waals surface area contributed by atoms with Gasteiger partial charge in [-0.15, -0.1) is 11.3 Å². The molecule has 2 saturated heterocycles. The minimum atomic E-state index is -0.251. The number of carbonyl (C=O) groups excluding carboxylic acids is 4. The first-order valence-electron chi connectivity index (χ1n) is 9.71. The molecule has 30 heavy (non-hydrogen) atoms. The van der Waals surface area contributed by atoms with E-state index in [0.29, 0.717) is 23.7 Å². The van der Waals surface area contributed by atoms with Crippen LogP contribution in [0.5, 0.6) is 0 Å². The van der Waals surface area contributed by atoms with Crippen LogP contribution >= 0.6 is 23.1 Å². The number of likely N-dealkylation sites (tertiary alicyclic amines) is 1. The van der Waals surface area contributed by atoms with Crippen LogP contribution in [0.1, 0.15) is 28.1 Å². The maximum Gasteiger partial charge on any atom is 0.289 e. The second-order valence-corrected chi connectivity index (χ2v) is 9.16. The molecule has 1 atom stereocenters. The van der Waals surface area contributed by atoms with E-state index in [1.54, 1.807) is 35.2 Å². The summed E-state index contributed by atoms with van der Waals surface area (Å²) in [7, 11) is 0. The molecule has 3 heterocycles. The molecule has 1 aromatic heterocycles. The number of carbonyl (C=O) groups is 4. The molecular weight excluding hydrogens is 422 g/mol. The molecule has 4 rings (SSSR count). The molecule has 1 aromatic carbocycles. The smallest absolute Gasteiger partial charge is 0.289 e. The van der Waals surface area contributed by atoms with Crippen molar-refractivity contribution in [2.75, 3.05) is 24.2 Å². The largest absolute Gasteiger partial charge is 0.337 e. The zero-order valence-corrected chi connectivity index (χ0v) is 17.8. The zero-order valence-electron chi connectivity index (χ0n) is 16.2. The van der Waals surface area contributed by atoms with Crippen LogP contribution in [-0.4, -0.2) is 51.6 Å². The number of anilines is 1. The van der Waals surface area contributed by atoms with E-state index >= 15 is 0 Å². The number of nitrogens with one attached hydrogen (secondary N) is 1. The summed E-state index contributed by atoms with van der Waals surface area (Å²) in [5, 5.41) is 4.57. The SMILES string of the molecule is O=C(Nc1ccc(CN2C(=O)CSC2=O)cc1)C1CCCN(C(=O)c2cccs2)C1. The summed E-state index contributed by atoms with van der Waals surface area (Å²) >= 11 is 2.43. The van der Waals surface area contributed by atoms with Crippen molar-refractivity contribution < 1.29 is 19.2 Å². The van der Waals surface area contributed by atoms with Gasteiger partial charge < -0.3 is 10.2 Å². The molecule has 2 fully saturated rings. The number of imide groups is 1. The fourth-order valence-electron chi connectivity index (χ4n) is 3.59. The summed E-state index contributed by atoms with van der Waals surface area (Å²) in [6, 6.07) is 10.8. The Balaban J connectivity index is 1.33. The molecular formula is C21H21N3O4S2. The maximum absolute atomic E-state index is 12.7. The molecule has 0 saturated carbocycles. The topological polar surface area (TPSA) is 86.8 Å². The number of piperidine rings is 1. The Bertz CT molecular complexity index is 943. The van der Waals surface area contributed by atoms with Crippen molar-refractivity contribution in [2.45, 2.75) is 19.4 Å². The third-order valence-corrected chi connectivity index (χ3v) is 6.93. The van der Waals surface area contributed by atoms with Crippen molar-refractivity contribution >= 4 is 51.7 Å². The van der Waals surface area contributed by atoms with E-state index in [1.807, 2.05) is 11.4 Å². The number of hydrogen-bond donors (Lipinski definition) is 1. The summed E-state index contributed by atoms with van der Waals surface area (Å²) in [4.78, 5) is 52.4. The lowest BCUT2D eigenvalue weighted by Crippen LogP contribution is -2.43. The van der Waals surface area contributed by atoms with Crippen molar-refractivity contribution in [3.63, 3.8) is 0 Å². The summed E-state index contributed by atoms with van der Waals surface area (Å²) in [6.07, 6.45) is 1.54. The number of hydrogen-bond acceptors (Lipinski definition) is 6. The van der Waals surface area contributed by atoms with Gasteiger partial charge in [0.15, 0.2) is 0 Å². The molecule has 4 amide bonds. The summed E-state index contributed by atoms with van der Waals surface area (Å²) in [5.74, 6) is -0.357. The highest BCUT2D eigenvalue weighted by atomic mass is 32.2. The molecule has 9 heteroatoms. The maximum atomic E-state index is 12.7. The minimum Gasteiger partial charge on any atom is -0.337 e. The first kappa shape index (κ1) is 20.6. The van der Waals surface area contributed by atoms with Crippen molar-refractivity contribution in [1.29, 1.82) is 0 Å². The van der Waals surface area contributed by atoms with Gasteiger partial charge in [0.25, 0.3) is 11.1 Å². The van der Waals surface area contributed by atoms with Gasteiger partial charge >= 0.3 is 0 Å². The Morgan fingerprint density at radius 2 is 1.93 bits per heavy atom. The first-order valence-corrected chi connectivity index (χ1v) is 11.6. The van der Waals surface area contributed by atoms with E-state index in [2.05, 4.69) is 5.32 Å². The minimum absolute atomic E-state index is 0.0176. The molecule has 0 bridgehead atoms. The van der Waals surface area contributed by atoms with Crippen LogP contribution < -0.4 is 5.32 Å². The van der Waals surface area contributed by atoms with Crippen molar-refractivity contribution in [3.05, 3.63) is 52.2 Å². The van der Waals surface area contributed by atoms with Crippen LogP contribution in [0.25, 0.3) is 0 Å². The van der Waals surface area contributed by atoms with Gasteiger partial charge in [0.05, 0.1) is 23.1 Å². The van der Waals surface area contributed by atoms with Gasteiger partial charge in [-0.25, -0.2) is 0 Å². The fourth-order valence-corrected chi connectivity index (χ4v) is 5.00. The lowest BCUT2D eigenvalue weighted by atomic mass is 9.96. The molecule has 1 N–H and O–H groups in total. The van der Waals surface area contributed by atoms with Gasteiger partial charge in [-0.1, -0.05) is 30.0 Å². The van der Waals surface area contributed by atoms with E-state index in [4.69, 9.17) is 0 Å². The number of benzene rings is 1. The van der Waals surface area contributed by atoms with Gasteiger partial charge in [-0.05, 0) is 42.0 Å². The number of thiophene rings is 1. The van der Waals surface area contributed by atoms with E-state index in [1.165, 1.54) is 16.2 Å². The Labute approximate surface area is 182 Å². The van der Waals surface area contributed by atoms with Crippen molar-refractivity contribution in [1.82, 2.24) is 9.80 Å². The number of rotatable bonds is 5. The summed E-state index contributed by atoms with van der Waals surface area (Å²) < 4.78 is 0. The van der Waals surface area contributed by atoms with Crippen LogP contribution in [-0.2, 0) is 16.1 Å². The number of amides is 4. The molecule has 7 nitrogen and oxygen atoms in total. The van der Waals surface area contributed by atoms with Crippen molar-refractivity contribution in [3.8, 4) is 0 Å². The van der Waals surface area contributed by atoms with Crippen LogP contribution in [0.15, 0.2) is 41.8 Å². The zero-order chi connectivity index (χ0) is 21.1. The Morgan fingerprint density at radius 3 is 2.60 bits per heavy atom. The van der Waals surface area contributed by atoms with Crippen LogP contribution in [0.3, 0.4) is 0 Å². The Kier molecular flexibility index (Phi) is 6.19. The van der Waals surface area contributed by atoms with Gasteiger partial charge in [-0.3, -0.25) is 24.1 Å². The van der Waals surface area contributed by atoms with Crippen molar-refractivity contribution in [2.24, 2.45) is 5.92 Å². The van der Waals surface area contributed by atoms with E-state index in [0.717, 1.165) is 30.2 Å². The fraction of sp³-hybridized carbons (Fsp3) is 0.333. The highest BCUT2D eigenvalue weighted by Crippen LogP contribution is 2.24. The second kappa shape index (κ2) is 9.01. The molecule has 2 aliphatic rings. The summed E-state index contributed by atoms with van der Waals surface area (Å²) in [6.45, 7) is 1.32. The van der Waals surface area contributed by atoms with E-state index in [9.17, 15) is 19.2 Å². The molecule has 156 valence electrons. The Morgan fingerprint density at radius 1 is 1.13 bits per heavy atom. The molecule has 0 aliphatic carbocycles. The number of nitrogens with zero attached hydrogens (tertiary/aromatic N) is 2. The molecule has 1 unspecified atom stereocenters. The van der Waals surface area contributed by atoms with Crippen LogP contribution in [0.2, 0.25) is 0 Å². The van der Waals surface area contributed by atoms with Gasteiger partial charge in [0.2, 0.25) is 11.8 Å². The van der Waals surface area contributed by atoms with Gasteiger partial charge in [-0.2, -0.15) is 0 Å². The molecule has 2 aliphatic heterocycles. The first-order chi connectivity index (χ1) is 14.5. The van der Waals surface area contributed by atoms with Crippen LogP contribution in [0.4, 0.5) is 10.5 Å². The lowest BCUT2D eigenvalue weighted by molar-refractivity contribution is -0.125.